The van der Waals surface area contributed by atoms with Gasteiger partial charge in [-0.1, -0.05) is 30.8 Å². The monoisotopic (exact) mass is 515 g/mol. The molecular formula is C26H25F4N5O2. The fourth-order valence-electron chi connectivity index (χ4n) is 5.06. The summed E-state index contributed by atoms with van der Waals surface area (Å²) in [6, 6.07) is 9.50. The van der Waals surface area contributed by atoms with Crippen LogP contribution in [0.5, 0.6) is 6.01 Å². The molecule has 2 aliphatic rings. The topological polar surface area (TPSA) is 61.8 Å². The van der Waals surface area contributed by atoms with Crippen molar-refractivity contribution < 1.29 is 27.1 Å². The molecule has 1 saturated heterocycles. The molecule has 0 spiro atoms. The first-order chi connectivity index (χ1) is 17.7. The minimum absolute atomic E-state index is 0.153. The van der Waals surface area contributed by atoms with E-state index in [-0.39, 0.29) is 17.9 Å². The summed E-state index contributed by atoms with van der Waals surface area (Å²) in [6.45, 7) is 5.34. The van der Waals surface area contributed by atoms with Crippen LogP contribution in [0.15, 0.2) is 48.8 Å². The number of methoxy groups -OCH3 is 1. The number of hydrogen-bond acceptors (Lipinski definition) is 6. The van der Waals surface area contributed by atoms with E-state index in [0.29, 0.717) is 61.7 Å². The molecule has 0 radical (unpaired) electrons. The number of anilines is 2. The molecule has 2 aliphatic heterocycles. The van der Waals surface area contributed by atoms with Gasteiger partial charge in [-0.15, -0.1) is 0 Å². The maximum absolute atomic E-state index is 13.9. The number of rotatable bonds is 4. The molecule has 3 aromatic rings. The average molecular weight is 516 g/mol. The third kappa shape index (κ3) is 4.65. The summed E-state index contributed by atoms with van der Waals surface area (Å²) in [4.78, 5) is 26.3. The van der Waals surface area contributed by atoms with Gasteiger partial charge in [-0.05, 0) is 23.9 Å². The molecule has 0 N–H and O–H groups in total. The van der Waals surface area contributed by atoms with Crippen LogP contribution in [-0.4, -0.2) is 60.6 Å². The second-order valence-corrected chi connectivity index (χ2v) is 8.99. The van der Waals surface area contributed by atoms with Crippen LogP contribution in [-0.2, 0) is 23.9 Å². The highest BCUT2D eigenvalue weighted by atomic mass is 19.4. The summed E-state index contributed by atoms with van der Waals surface area (Å²) in [6.07, 6.45) is -3.97. The van der Waals surface area contributed by atoms with Gasteiger partial charge in [0.15, 0.2) is 5.83 Å². The Bertz CT molecular complexity index is 1360. The van der Waals surface area contributed by atoms with Gasteiger partial charge in [0, 0.05) is 49.4 Å². The lowest BCUT2D eigenvalue weighted by Gasteiger charge is -2.38. The lowest BCUT2D eigenvalue weighted by atomic mass is 9.99. The van der Waals surface area contributed by atoms with Crippen LogP contribution in [0.4, 0.5) is 29.1 Å². The van der Waals surface area contributed by atoms with Crippen LogP contribution in [0.1, 0.15) is 16.8 Å². The number of carbonyl (C=O) groups excluding carboxylic acids is 1. The van der Waals surface area contributed by atoms with Crippen LogP contribution < -0.4 is 14.5 Å². The summed E-state index contributed by atoms with van der Waals surface area (Å²) in [5, 5.41) is 0.680. The Morgan fingerprint density at radius 3 is 2.35 bits per heavy atom. The van der Waals surface area contributed by atoms with Crippen molar-refractivity contribution in [3.8, 4) is 6.01 Å². The number of amides is 1. The van der Waals surface area contributed by atoms with Gasteiger partial charge in [0.2, 0.25) is 0 Å². The smallest absolute Gasteiger partial charge is 0.417 e. The summed E-state index contributed by atoms with van der Waals surface area (Å²) < 4.78 is 60.2. The van der Waals surface area contributed by atoms with Crippen molar-refractivity contribution in [1.29, 1.82) is 0 Å². The molecule has 1 aromatic heterocycles. The van der Waals surface area contributed by atoms with E-state index in [0.717, 1.165) is 11.6 Å². The minimum atomic E-state index is -4.49. The molecule has 11 heteroatoms. The maximum atomic E-state index is 13.9. The van der Waals surface area contributed by atoms with Crippen molar-refractivity contribution in [2.24, 2.45) is 0 Å². The quantitative estimate of drug-likeness (QED) is 0.380. The fraction of sp³-hybridized carbons (Fsp3) is 0.346. The van der Waals surface area contributed by atoms with Crippen molar-refractivity contribution >= 4 is 28.2 Å². The third-order valence-corrected chi connectivity index (χ3v) is 6.83. The normalized spacial score (nSPS) is 16.1. The van der Waals surface area contributed by atoms with E-state index >= 15 is 0 Å². The molecule has 37 heavy (non-hydrogen) atoms. The van der Waals surface area contributed by atoms with Gasteiger partial charge in [-0.25, -0.2) is 4.39 Å². The number of ether oxygens (including phenoxy) is 1. The van der Waals surface area contributed by atoms with Gasteiger partial charge in [0.25, 0.3) is 5.91 Å². The number of hydrogen-bond donors (Lipinski definition) is 0. The van der Waals surface area contributed by atoms with Gasteiger partial charge in [0.1, 0.15) is 5.82 Å². The maximum Gasteiger partial charge on any atom is 0.417 e. The molecule has 1 amide bonds. The first-order valence-electron chi connectivity index (χ1n) is 11.8. The summed E-state index contributed by atoms with van der Waals surface area (Å²) >= 11 is 0. The fourth-order valence-corrected chi connectivity index (χ4v) is 5.06. The lowest BCUT2D eigenvalue weighted by Crippen LogP contribution is -2.49. The van der Waals surface area contributed by atoms with E-state index in [4.69, 9.17) is 4.74 Å². The van der Waals surface area contributed by atoms with E-state index in [1.807, 2.05) is 9.80 Å². The highest BCUT2D eigenvalue weighted by Gasteiger charge is 2.35. The van der Waals surface area contributed by atoms with E-state index in [9.17, 15) is 22.4 Å². The van der Waals surface area contributed by atoms with Crippen LogP contribution in [0, 0.1) is 0 Å². The highest BCUT2D eigenvalue weighted by molar-refractivity contribution is 5.97. The van der Waals surface area contributed by atoms with Crippen molar-refractivity contribution in [2.75, 3.05) is 49.6 Å². The molecule has 3 heterocycles. The van der Waals surface area contributed by atoms with E-state index in [1.54, 1.807) is 24.3 Å². The Kier molecular flexibility index (Phi) is 6.38. The van der Waals surface area contributed by atoms with Crippen LogP contribution in [0.25, 0.3) is 10.8 Å². The first-order valence-corrected chi connectivity index (χ1v) is 11.8. The van der Waals surface area contributed by atoms with Gasteiger partial charge >= 0.3 is 12.2 Å². The predicted octanol–water partition coefficient (Wildman–Crippen LogP) is 4.35. The van der Waals surface area contributed by atoms with Gasteiger partial charge in [-0.2, -0.15) is 23.1 Å². The first kappa shape index (κ1) is 24.8. The number of fused-ring (bicyclic) bond motifs is 2. The van der Waals surface area contributed by atoms with Gasteiger partial charge in [0.05, 0.1) is 24.9 Å². The summed E-state index contributed by atoms with van der Waals surface area (Å²) in [5.41, 5.74) is 1.39. The predicted molar refractivity (Wildman–Crippen MR) is 131 cm³/mol. The zero-order valence-electron chi connectivity index (χ0n) is 20.2. The van der Waals surface area contributed by atoms with Crippen molar-refractivity contribution in [3.63, 3.8) is 0 Å². The average Bonchev–Trinajstić information content (AvgIpc) is 2.90. The summed E-state index contributed by atoms with van der Waals surface area (Å²) in [5.74, 6) is -1.04. The van der Waals surface area contributed by atoms with Crippen molar-refractivity contribution in [3.05, 3.63) is 65.6 Å². The van der Waals surface area contributed by atoms with Crippen molar-refractivity contribution in [2.45, 2.75) is 19.1 Å². The SMILES string of the molecule is C=C(F)C(=O)N1CCN(c2nc(OC)nc3c2CCN(c2cccc4cccc(C(F)(F)F)c24)C3)CC1. The van der Waals surface area contributed by atoms with Crippen LogP contribution in [0.2, 0.25) is 0 Å². The second kappa shape index (κ2) is 9.53. The van der Waals surface area contributed by atoms with Crippen LogP contribution >= 0.6 is 0 Å². The molecule has 2 aromatic carbocycles. The molecular weight excluding hydrogens is 490 g/mol. The highest BCUT2D eigenvalue weighted by Crippen LogP contribution is 2.41. The Hall–Kier alpha value is -3.89. The van der Waals surface area contributed by atoms with Crippen LogP contribution in [0.3, 0.4) is 0 Å². The van der Waals surface area contributed by atoms with E-state index in [1.165, 1.54) is 18.1 Å². The lowest BCUT2D eigenvalue weighted by molar-refractivity contribution is -0.136. The Morgan fingerprint density at radius 2 is 1.70 bits per heavy atom. The molecule has 0 atom stereocenters. The molecule has 194 valence electrons. The number of halogens is 4. The Balaban J connectivity index is 1.48. The molecule has 0 aliphatic carbocycles. The third-order valence-electron chi connectivity index (χ3n) is 6.83. The molecule has 1 fully saturated rings. The molecule has 5 rings (SSSR count). The molecule has 0 saturated carbocycles. The Morgan fingerprint density at radius 1 is 1.00 bits per heavy atom. The van der Waals surface area contributed by atoms with Gasteiger partial charge < -0.3 is 19.4 Å². The van der Waals surface area contributed by atoms with E-state index in [2.05, 4.69) is 16.5 Å². The number of alkyl halides is 3. The molecule has 0 unspecified atom stereocenters. The number of piperazine rings is 1. The minimum Gasteiger partial charge on any atom is -0.467 e. The largest absolute Gasteiger partial charge is 0.467 e. The number of carbonyl (C=O) groups is 1. The Labute approximate surface area is 211 Å². The molecule has 0 bridgehead atoms. The van der Waals surface area contributed by atoms with Crippen molar-refractivity contribution in [1.82, 2.24) is 14.9 Å². The number of benzene rings is 2. The number of nitrogens with zero attached hydrogens (tertiary/aromatic N) is 5. The second-order valence-electron chi connectivity index (χ2n) is 8.99. The summed E-state index contributed by atoms with van der Waals surface area (Å²) in [7, 11) is 1.45. The number of aromatic nitrogens is 2. The zero-order valence-corrected chi connectivity index (χ0v) is 20.2. The zero-order chi connectivity index (χ0) is 26.3. The molecule has 7 nitrogen and oxygen atoms in total. The van der Waals surface area contributed by atoms with E-state index < -0.39 is 23.5 Å². The standard InChI is InChI=1S/C26H25F4N5O2/c1-16(27)24(36)34-13-11-33(12-14-34)23-18-9-10-35(15-20(18)31-25(32-23)37-2)21-8-4-6-17-5-3-7-19(22(17)21)26(28,29)30/h3-8H,1,9-15H2,2H3. The van der Waals surface area contributed by atoms with Gasteiger partial charge in [-0.3, -0.25) is 4.79 Å².